The van der Waals surface area contributed by atoms with Crippen LogP contribution in [0.25, 0.3) is 11.3 Å². The fourth-order valence-electron chi connectivity index (χ4n) is 3.86. The van der Waals surface area contributed by atoms with Gasteiger partial charge in [-0.25, -0.2) is 4.98 Å². The van der Waals surface area contributed by atoms with E-state index >= 15 is 0 Å². The van der Waals surface area contributed by atoms with Crippen LogP contribution in [0, 0.1) is 0 Å². The molecule has 7 nitrogen and oxygen atoms in total. The van der Waals surface area contributed by atoms with Crippen molar-refractivity contribution in [2.45, 2.75) is 52.7 Å². The Morgan fingerprint density at radius 3 is 2.71 bits per heavy atom. The number of aromatic nitrogens is 1. The number of aryl methyl sites for hydroxylation is 1. The second-order valence-corrected chi connectivity index (χ2v) is 9.09. The number of thiazole rings is 1. The summed E-state index contributed by atoms with van der Waals surface area (Å²) in [6, 6.07) is 12.1. The molecule has 3 aromatic rings. The highest BCUT2D eigenvalue weighted by Crippen LogP contribution is 2.39. The Kier molecular flexibility index (Phi) is 7.17. The highest BCUT2D eigenvalue weighted by Gasteiger charge is 2.37. The Labute approximate surface area is 203 Å². The summed E-state index contributed by atoms with van der Waals surface area (Å²) in [7, 11) is 0. The molecule has 0 fully saturated rings. The van der Waals surface area contributed by atoms with Crippen LogP contribution < -0.4 is 19.7 Å². The van der Waals surface area contributed by atoms with Crippen LogP contribution in [-0.2, 0) is 16.0 Å². The van der Waals surface area contributed by atoms with E-state index in [4.69, 9.17) is 14.5 Å². The molecule has 2 atom stereocenters. The molecule has 0 saturated carbocycles. The minimum Gasteiger partial charge on any atom is -0.494 e. The number of carbonyl (C=O) groups is 2. The number of nitrogens with one attached hydrogen (secondary N) is 1. The van der Waals surface area contributed by atoms with E-state index in [1.165, 1.54) is 4.90 Å². The van der Waals surface area contributed by atoms with Gasteiger partial charge in [0.2, 0.25) is 5.91 Å². The zero-order valence-corrected chi connectivity index (χ0v) is 20.6. The monoisotopic (exact) mass is 479 g/mol. The van der Waals surface area contributed by atoms with Gasteiger partial charge in [0.15, 0.2) is 6.10 Å². The summed E-state index contributed by atoms with van der Waals surface area (Å²) in [5, 5.41) is 6.00. The van der Waals surface area contributed by atoms with Crippen molar-refractivity contribution >= 4 is 34.5 Å². The number of nitrogens with zero attached hydrogens (tertiary/aromatic N) is 2. The lowest BCUT2D eigenvalue weighted by Gasteiger charge is -2.36. The maximum atomic E-state index is 13.1. The van der Waals surface area contributed by atoms with E-state index in [1.54, 1.807) is 49.4 Å². The van der Waals surface area contributed by atoms with Crippen LogP contribution in [0.2, 0.25) is 0 Å². The van der Waals surface area contributed by atoms with E-state index in [9.17, 15) is 9.59 Å². The Bertz CT molecular complexity index is 1180. The Balaban J connectivity index is 1.60. The van der Waals surface area contributed by atoms with Gasteiger partial charge in [-0.05, 0) is 76.1 Å². The summed E-state index contributed by atoms with van der Waals surface area (Å²) >= 11 is 1.63. The van der Waals surface area contributed by atoms with E-state index in [0.29, 0.717) is 23.7 Å². The van der Waals surface area contributed by atoms with Gasteiger partial charge in [-0.3, -0.25) is 14.5 Å². The largest absolute Gasteiger partial charge is 0.494 e. The van der Waals surface area contributed by atoms with Crippen molar-refractivity contribution in [1.29, 1.82) is 0 Å². The van der Waals surface area contributed by atoms with Crippen molar-refractivity contribution < 1.29 is 19.1 Å². The summed E-state index contributed by atoms with van der Waals surface area (Å²) in [5.41, 5.74) is 2.94. The molecule has 8 heteroatoms. The maximum Gasteiger partial charge on any atom is 0.268 e. The Morgan fingerprint density at radius 1 is 1.24 bits per heavy atom. The number of fused-ring (bicyclic) bond motifs is 1. The van der Waals surface area contributed by atoms with Gasteiger partial charge >= 0.3 is 0 Å². The molecule has 4 rings (SSSR count). The zero-order valence-electron chi connectivity index (χ0n) is 19.8. The van der Waals surface area contributed by atoms with Gasteiger partial charge in [0.1, 0.15) is 17.5 Å². The highest BCUT2D eigenvalue weighted by atomic mass is 32.1. The smallest absolute Gasteiger partial charge is 0.268 e. The van der Waals surface area contributed by atoms with Gasteiger partial charge < -0.3 is 14.8 Å². The van der Waals surface area contributed by atoms with Gasteiger partial charge in [-0.15, -0.1) is 11.3 Å². The van der Waals surface area contributed by atoms with Crippen LogP contribution >= 0.6 is 11.3 Å². The van der Waals surface area contributed by atoms with Crippen LogP contribution in [0.3, 0.4) is 0 Å². The number of carbonyl (C=O) groups excluding carboxylic acids is 2. The molecular formula is C26H29N3O4S. The average molecular weight is 480 g/mol. The van der Waals surface area contributed by atoms with E-state index in [0.717, 1.165) is 34.9 Å². The van der Waals surface area contributed by atoms with E-state index in [2.05, 4.69) is 12.2 Å². The third kappa shape index (κ3) is 4.92. The molecular weight excluding hydrogens is 450 g/mol. The molecule has 1 N–H and O–H groups in total. The standard InChI is InChI=1S/C26H29N3O4S/c1-5-7-24-28-21(15-34-24)18-8-13-23-22(14-18)29(26(31)17(4)33-23)16(3)25(30)27-19-9-11-20(12-10-19)32-6-2/h8-17H,5-7H2,1-4H3,(H,27,30). The molecule has 2 heterocycles. The summed E-state index contributed by atoms with van der Waals surface area (Å²) in [6.45, 7) is 8.03. The zero-order chi connectivity index (χ0) is 24.2. The molecule has 2 amide bonds. The first-order valence-electron chi connectivity index (χ1n) is 11.5. The van der Waals surface area contributed by atoms with Crippen LogP contribution in [0.15, 0.2) is 47.8 Å². The van der Waals surface area contributed by atoms with Gasteiger partial charge in [0, 0.05) is 16.6 Å². The normalized spacial score (nSPS) is 15.9. The molecule has 1 aliphatic heterocycles. The fraction of sp³-hybridized carbons (Fsp3) is 0.346. The lowest BCUT2D eigenvalue weighted by atomic mass is 10.1. The third-order valence-corrected chi connectivity index (χ3v) is 6.53. The van der Waals surface area contributed by atoms with Gasteiger partial charge in [-0.1, -0.05) is 6.92 Å². The SMILES string of the molecule is CCCc1nc(-c2ccc3c(c2)N(C(C)C(=O)Nc2ccc(OCC)cc2)C(=O)C(C)O3)cs1. The summed E-state index contributed by atoms with van der Waals surface area (Å²) in [6.07, 6.45) is 1.28. The van der Waals surface area contributed by atoms with E-state index in [-0.39, 0.29) is 11.8 Å². The molecule has 34 heavy (non-hydrogen) atoms. The number of hydrogen-bond acceptors (Lipinski definition) is 6. The summed E-state index contributed by atoms with van der Waals surface area (Å²) < 4.78 is 11.3. The van der Waals surface area contributed by atoms with Crippen molar-refractivity contribution in [3.8, 4) is 22.8 Å². The Hall–Kier alpha value is -3.39. The summed E-state index contributed by atoms with van der Waals surface area (Å²) in [4.78, 5) is 32.5. The molecule has 178 valence electrons. The van der Waals surface area contributed by atoms with Gasteiger partial charge in [0.05, 0.1) is 23.0 Å². The molecule has 0 radical (unpaired) electrons. The molecule has 1 aromatic heterocycles. The van der Waals surface area contributed by atoms with Crippen LogP contribution in [0.1, 0.15) is 39.1 Å². The molecule has 2 unspecified atom stereocenters. The molecule has 0 aliphatic carbocycles. The minimum atomic E-state index is -0.745. The highest BCUT2D eigenvalue weighted by molar-refractivity contribution is 7.09. The second kappa shape index (κ2) is 10.3. The Morgan fingerprint density at radius 2 is 2.00 bits per heavy atom. The predicted octanol–water partition coefficient (Wildman–Crippen LogP) is 5.30. The number of hydrogen-bond donors (Lipinski definition) is 1. The topological polar surface area (TPSA) is 80.8 Å². The number of rotatable bonds is 8. The first-order valence-corrected chi connectivity index (χ1v) is 12.4. The molecule has 0 spiro atoms. The van der Waals surface area contributed by atoms with E-state index in [1.807, 2.05) is 30.5 Å². The lowest BCUT2D eigenvalue weighted by molar-refractivity contribution is -0.128. The average Bonchev–Trinajstić information content (AvgIpc) is 3.30. The minimum absolute atomic E-state index is 0.260. The number of benzene rings is 2. The van der Waals surface area contributed by atoms with Crippen LogP contribution in [0.5, 0.6) is 11.5 Å². The van der Waals surface area contributed by atoms with Crippen LogP contribution in [0.4, 0.5) is 11.4 Å². The van der Waals surface area contributed by atoms with Crippen molar-refractivity contribution in [1.82, 2.24) is 4.98 Å². The maximum absolute atomic E-state index is 13.1. The second-order valence-electron chi connectivity index (χ2n) is 8.15. The first kappa shape index (κ1) is 23.8. The predicted molar refractivity (Wildman–Crippen MR) is 135 cm³/mol. The fourth-order valence-corrected chi connectivity index (χ4v) is 4.77. The number of ether oxygens (including phenoxy) is 2. The molecule has 0 saturated heterocycles. The van der Waals surface area contributed by atoms with Crippen molar-refractivity contribution in [2.75, 3.05) is 16.8 Å². The first-order chi connectivity index (χ1) is 16.4. The molecule has 0 bridgehead atoms. The molecule has 1 aliphatic rings. The van der Waals surface area contributed by atoms with Crippen LogP contribution in [-0.4, -0.2) is 35.6 Å². The van der Waals surface area contributed by atoms with Crippen molar-refractivity contribution in [3.05, 3.63) is 52.9 Å². The third-order valence-electron chi connectivity index (χ3n) is 5.62. The molecule has 2 aromatic carbocycles. The van der Waals surface area contributed by atoms with Crippen molar-refractivity contribution in [2.24, 2.45) is 0 Å². The quantitative estimate of drug-likeness (QED) is 0.474. The van der Waals surface area contributed by atoms with Gasteiger partial charge in [-0.2, -0.15) is 0 Å². The van der Waals surface area contributed by atoms with E-state index < -0.39 is 12.1 Å². The van der Waals surface area contributed by atoms with Gasteiger partial charge in [0.25, 0.3) is 5.91 Å². The number of amides is 2. The lowest BCUT2D eigenvalue weighted by Crippen LogP contribution is -2.52. The van der Waals surface area contributed by atoms with Crippen molar-refractivity contribution in [3.63, 3.8) is 0 Å². The summed E-state index contributed by atoms with van der Waals surface area (Å²) in [5.74, 6) is 0.752. The number of anilines is 2.